The van der Waals surface area contributed by atoms with Gasteiger partial charge in [-0.25, -0.2) is 0 Å². The van der Waals surface area contributed by atoms with Crippen LogP contribution in [0.1, 0.15) is 38.3 Å². The first-order chi connectivity index (χ1) is 8.27. The van der Waals surface area contributed by atoms with Crippen molar-refractivity contribution in [3.63, 3.8) is 0 Å². The second-order valence-corrected chi connectivity index (χ2v) is 5.12. The van der Waals surface area contributed by atoms with Gasteiger partial charge < -0.3 is 5.32 Å². The molecule has 0 spiro atoms. The molecule has 0 bridgehead atoms. The minimum absolute atomic E-state index is 0.543. The van der Waals surface area contributed by atoms with E-state index in [1.54, 1.807) is 0 Å². The van der Waals surface area contributed by atoms with Crippen LogP contribution in [0.15, 0.2) is 30.3 Å². The maximum absolute atomic E-state index is 3.56. The number of nitrogens with zero attached hydrogens (tertiary/aromatic N) is 1. The van der Waals surface area contributed by atoms with Crippen LogP contribution in [0.5, 0.6) is 0 Å². The summed E-state index contributed by atoms with van der Waals surface area (Å²) in [5.74, 6) is 0. The van der Waals surface area contributed by atoms with E-state index in [-0.39, 0.29) is 0 Å². The zero-order valence-corrected chi connectivity index (χ0v) is 11.0. The molecule has 2 heteroatoms. The van der Waals surface area contributed by atoms with Gasteiger partial charge in [-0.1, -0.05) is 30.3 Å². The molecule has 2 unspecified atom stereocenters. The van der Waals surface area contributed by atoms with Crippen LogP contribution in [-0.2, 0) is 0 Å². The minimum atomic E-state index is 0.543. The Labute approximate surface area is 105 Å². The third kappa shape index (κ3) is 3.55. The molecule has 0 amide bonds. The standard InChI is InChI=1S/C15H24N2/c1-13-9-12-17(11-6-10-16-13)14(2)15-7-4-3-5-8-15/h3-5,7-8,13-14,16H,6,9-12H2,1-2H3. The molecule has 1 fully saturated rings. The van der Waals surface area contributed by atoms with Crippen LogP contribution in [0.25, 0.3) is 0 Å². The maximum atomic E-state index is 3.56. The van der Waals surface area contributed by atoms with Gasteiger partial charge in [0, 0.05) is 18.6 Å². The normalized spacial score (nSPS) is 24.9. The van der Waals surface area contributed by atoms with Crippen LogP contribution in [0.2, 0.25) is 0 Å². The van der Waals surface area contributed by atoms with E-state index in [1.807, 2.05) is 0 Å². The Morgan fingerprint density at radius 3 is 2.76 bits per heavy atom. The molecular formula is C15H24N2. The average Bonchev–Trinajstić information content (AvgIpc) is 2.35. The molecule has 2 atom stereocenters. The van der Waals surface area contributed by atoms with E-state index in [4.69, 9.17) is 0 Å². The van der Waals surface area contributed by atoms with Crippen molar-refractivity contribution >= 4 is 0 Å². The highest BCUT2D eigenvalue weighted by Gasteiger charge is 2.17. The number of hydrogen-bond donors (Lipinski definition) is 1. The summed E-state index contributed by atoms with van der Waals surface area (Å²) >= 11 is 0. The number of hydrogen-bond acceptors (Lipinski definition) is 2. The first kappa shape index (κ1) is 12.6. The van der Waals surface area contributed by atoms with Gasteiger partial charge in [-0.05, 0) is 45.3 Å². The quantitative estimate of drug-likeness (QED) is 0.843. The first-order valence-corrected chi connectivity index (χ1v) is 6.80. The summed E-state index contributed by atoms with van der Waals surface area (Å²) in [6, 6.07) is 12.0. The number of rotatable bonds is 2. The van der Waals surface area contributed by atoms with E-state index < -0.39 is 0 Å². The maximum Gasteiger partial charge on any atom is 0.0319 e. The topological polar surface area (TPSA) is 15.3 Å². The molecule has 94 valence electrons. The van der Waals surface area contributed by atoms with Crippen LogP contribution in [0.3, 0.4) is 0 Å². The van der Waals surface area contributed by atoms with E-state index >= 15 is 0 Å². The predicted molar refractivity (Wildman–Crippen MR) is 73.1 cm³/mol. The molecule has 0 aliphatic carbocycles. The lowest BCUT2D eigenvalue weighted by Gasteiger charge is -2.32. The van der Waals surface area contributed by atoms with Gasteiger partial charge >= 0.3 is 0 Å². The molecule has 1 aliphatic rings. The van der Waals surface area contributed by atoms with E-state index in [0.29, 0.717) is 12.1 Å². The van der Waals surface area contributed by atoms with Crippen molar-refractivity contribution in [2.75, 3.05) is 19.6 Å². The SMILES string of the molecule is CC1CCN(C(C)c2ccccc2)CCCN1. The van der Waals surface area contributed by atoms with Crippen molar-refractivity contribution in [1.82, 2.24) is 10.2 Å². The van der Waals surface area contributed by atoms with E-state index in [9.17, 15) is 0 Å². The van der Waals surface area contributed by atoms with Gasteiger partial charge in [0.15, 0.2) is 0 Å². The van der Waals surface area contributed by atoms with E-state index in [0.717, 1.165) is 6.54 Å². The van der Waals surface area contributed by atoms with Crippen molar-refractivity contribution in [2.45, 2.75) is 38.8 Å². The summed E-state index contributed by atoms with van der Waals surface area (Å²) in [7, 11) is 0. The van der Waals surface area contributed by atoms with Gasteiger partial charge in [-0.2, -0.15) is 0 Å². The number of nitrogens with one attached hydrogen (secondary N) is 1. The summed E-state index contributed by atoms with van der Waals surface area (Å²) in [5.41, 5.74) is 1.44. The summed E-state index contributed by atoms with van der Waals surface area (Å²) in [6.45, 7) is 8.17. The fraction of sp³-hybridized carbons (Fsp3) is 0.600. The van der Waals surface area contributed by atoms with Gasteiger partial charge in [0.05, 0.1) is 0 Å². The van der Waals surface area contributed by atoms with E-state index in [2.05, 4.69) is 54.4 Å². The van der Waals surface area contributed by atoms with Crippen molar-refractivity contribution in [2.24, 2.45) is 0 Å². The fourth-order valence-corrected chi connectivity index (χ4v) is 2.53. The third-order valence-corrected chi connectivity index (χ3v) is 3.79. The molecule has 2 nitrogen and oxygen atoms in total. The van der Waals surface area contributed by atoms with Crippen molar-refractivity contribution in [3.8, 4) is 0 Å². The predicted octanol–water partition coefficient (Wildman–Crippen LogP) is 2.82. The monoisotopic (exact) mass is 232 g/mol. The Balaban J connectivity index is 2.00. The molecule has 1 N–H and O–H groups in total. The molecule has 2 rings (SSSR count). The minimum Gasteiger partial charge on any atom is -0.314 e. The summed E-state index contributed by atoms with van der Waals surface area (Å²) < 4.78 is 0. The Morgan fingerprint density at radius 1 is 1.24 bits per heavy atom. The van der Waals surface area contributed by atoms with Crippen LogP contribution in [0, 0.1) is 0 Å². The zero-order valence-electron chi connectivity index (χ0n) is 11.0. The average molecular weight is 232 g/mol. The van der Waals surface area contributed by atoms with Crippen LogP contribution >= 0.6 is 0 Å². The summed E-state index contributed by atoms with van der Waals surface area (Å²) in [4.78, 5) is 2.62. The molecule has 1 heterocycles. The second kappa shape index (κ2) is 6.18. The largest absolute Gasteiger partial charge is 0.314 e. The third-order valence-electron chi connectivity index (χ3n) is 3.79. The highest BCUT2D eigenvalue weighted by atomic mass is 15.2. The molecular weight excluding hydrogens is 208 g/mol. The summed E-state index contributed by atoms with van der Waals surface area (Å²) in [6.07, 6.45) is 2.50. The van der Waals surface area contributed by atoms with Gasteiger partial charge in [0.25, 0.3) is 0 Å². The molecule has 0 aromatic heterocycles. The fourth-order valence-electron chi connectivity index (χ4n) is 2.53. The molecule has 17 heavy (non-hydrogen) atoms. The number of benzene rings is 1. The molecule has 1 aliphatic heterocycles. The second-order valence-electron chi connectivity index (χ2n) is 5.12. The van der Waals surface area contributed by atoms with Crippen LogP contribution in [0.4, 0.5) is 0 Å². The molecule has 0 saturated carbocycles. The zero-order chi connectivity index (χ0) is 12.1. The first-order valence-electron chi connectivity index (χ1n) is 6.80. The highest BCUT2D eigenvalue weighted by molar-refractivity contribution is 5.18. The van der Waals surface area contributed by atoms with E-state index in [1.165, 1.54) is 31.5 Å². The molecule has 1 saturated heterocycles. The van der Waals surface area contributed by atoms with Gasteiger partial charge in [0.1, 0.15) is 0 Å². The Kier molecular flexibility index (Phi) is 4.57. The van der Waals surface area contributed by atoms with Gasteiger partial charge in [-0.15, -0.1) is 0 Å². The molecule has 1 aromatic carbocycles. The smallest absolute Gasteiger partial charge is 0.0319 e. The summed E-state index contributed by atoms with van der Waals surface area (Å²) in [5, 5.41) is 3.56. The van der Waals surface area contributed by atoms with Gasteiger partial charge in [0.2, 0.25) is 0 Å². The Bertz CT molecular complexity index is 323. The van der Waals surface area contributed by atoms with Crippen LogP contribution in [-0.4, -0.2) is 30.6 Å². The lowest BCUT2D eigenvalue weighted by molar-refractivity contribution is 0.185. The Morgan fingerprint density at radius 2 is 2.00 bits per heavy atom. The Hall–Kier alpha value is -0.860. The van der Waals surface area contributed by atoms with Crippen molar-refractivity contribution < 1.29 is 0 Å². The van der Waals surface area contributed by atoms with Crippen molar-refractivity contribution in [3.05, 3.63) is 35.9 Å². The lowest BCUT2D eigenvalue weighted by atomic mass is 10.0. The van der Waals surface area contributed by atoms with Crippen molar-refractivity contribution in [1.29, 1.82) is 0 Å². The molecule has 1 aromatic rings. The lowest BCUT2D eigenvalue weighted by Crippen LogP contribution is -2.39. The van der Waals surface area contributed by atoms with Gasteiger partial charge in [-0.3, -0.25) is 4.90 Å². The molecule has 0 radical (unpaired) electrons. The van der Waals surface area contributed by atoms with Crippen LogP contribution < -0.4 is 5.32 Å². The highest BCUT2D eigenvalue weighted by Crippen LogP contribution is 2.21.